The Kier molecular flexibility index (Phi) is 5.98. The summed E-state index contributed by atoms with van der Waals surface area (Å²) in [5.74, 6) is 0. The van der Waals surface area contributed by atoms with Gasteiger partial charge in [-0.3, -0.25) is 0 Å². The number of nitrogens with one attached hydrogen (secondary N) is 2. The minimum absolute atomic E-state index is 0.266. The smallest absolute Gasteiger partial charge is 0.241 e. The summed E-state index contributed by atoms with van der Waals surface area (Å²) in [6, 6.07) is 3.44. The molecule has 0 aromatic heterocycles. The first-order valence-electron chi connectivity index (χ1n) is 6.68. The fourth-order valence-corrected chi connectivity index (χ4v) is 3.97. The second kappa shape index (κ2) is 7.06. The monoisotopic (exact) mass is 300 g/mol. The van der Waals surface area contributed by atoms with Crippen molar-refractivity contribution in [1.82, 2.24) is 4.72 Å². The van der Waals surface area contributed by atoms with Crippen LogP contribution in [-0.4, -0.2) is 34.7 Å². The van der Waals surface area contributed by atoms with Gasteiger partial charge < -0.3 is 10.1 Å². The fraction of sp³-hybridized carbons (Fsp3) is 0.571. The van der Waals surface area contributed by atoms with Crippen LogP contribution >= 0.6 is 0 Å². The Morgan fingerprint density at radius 1 is 1.25 bits per heavy atom. The standard InChI is InChI=1S/C14H24N2O3S/c1-6-15-13-7-10(2)14(11(3)8-13)20(17,18)16-12(4)9-19-5/h7-8,12,15-16H,6,9H2,1-5H3. The van der Waals surface area contributed by atoms with Gasteiger partial charge in [-0.1, -0.05) is 0 Å². The number of methoxy groups -OCH3 is 1. The van der Waals surface area contributed by atoms with Crippen LogP contribution in [0.4, 0.5) is 5.69 Å². The molecule has 0 radical (unpaired) electrons. The molecule has 1 unspecified atom stereocenters. The topological polar surface area (TPSA) is 67.4 Å². The van der Waals surface area contributed by atoms with Crippen LogP contribution in [0.1, 0.15) is 25.0 Å². The van der Waals surface area contributed by atoms with Crippen molar-refractivity contribution in [2.75, 3.05) is 25.6 Å². The van der Waals surface area contributed by atoms with E-state index in [0.717, 1.165) is 23.4 Å². The number of rotatable bonds is 7. The molecule has 114 valence electrons. The van der Waals surface area contributed by atoms with Gasteiger partial charge in [-0.25, -0.2) is 13.1 Å². The average Bonchev–Trinajstić information content (AvgIpc) is 2.26. The predicted octanol–water partition coefficient (Wildman–Crippen LogP) is 2.05. The van der Waals surface area contributed by atoms with Crippen molar-refractivity contribution >= 4 is 15.7 Å². The van der Waals surface area contributed by atoms with E-state index >= 15 is 0 Å². The van der Waals surface area contributed by atoms with E-state index in [1.165, 1.54) is 0 Å². The molecule has 20 heavy (non-hydrogen) atoms. The summed E-state index contributed by atoms with van der Waals surface area (Å²) in [6.45, 7) is 8.54. The molecule has 1 rings (SSSR count). The molecule has 0 amide bonds. The zero-order valence-corrected chi connectivity index (χ0v) is 13.6. The van der Waals surface area contributed by atoms with Crippen LogP contribution in [0.15, 0.2) is 17.0 Å². The summed E-state index contributed by atoms with van der Waals surface area (Å²) >= 11 is 0. The Bertz CT molecular complexity index is 533. The lowest BCUT2D eigenvalue weighted by atomic mass is 10.1. The number of benzene rings is 1. The second-order valence-electron chi connectivity index (χ2n) is 4.95. The molecule has 0 aliphatic heterocycles. The van der Waals surface area contributed by atoms with Crippen molar-refractivity contribution in [2.24, 2.45) is 0 Å². The van der Waals surface area contributed by atoms with Gasteiger partial charge in [0.15, 0.2) is 0 Å². The van der Waals surface area contributed by atoms with Crippen LogP contribution in [0, 0.1) is 13.8 Å². The van der Waals surface area contributed by atoms with E-state index in [0.29, 0.717) is 11.5 Å². The lowest BCUT2D eigenvalue weighted by molar-refractivity contribution is 0.180. The third-order valence-electron chi connectivity index (χ3n) is 2.88. The van der Waals surface area contributed by atoms with Crippen molar-refractivity contribution in [2.45, 2.75) is 38.6 Å². The van der Waals surface area contributed by atoms with Gasteiger partial charge in [0.2, 0.25) is 10.0 Å². The Morgan fingerprint density at radius 3 is 2.25 bits per heavy atom. The van der Waals surface area contributed by atoms with Crippen LogP contribution < -0.4 is 10.0 Å². The summed E-state index contributed by atoms with van der Waals surface area (Å²) in [4.78, 5) is 0.349. The molecule has 6 heteroatoms. The van der Waals surface area contributed by atoms with Crippen LogP contribution in [0.5, 0.6) is 0 Å². The number of hydrogen-bond acceptors (Lipinski definition) is 4. The number of aryl methyl sites for hydroxylation is 2. The molecule has 5 nitrogen and oxygen atoms in total. The van der Waals surface area contributed by atoms with E-state index in [2.05, 4.69) is 10.0 Å². The number of ether oxygens (including phenoxy) is 1. The highest BCUT2D eigenvalue weighted by Gasteiger charge is 2.22. The largest absolute Gasteiger partial charge is 0.385 e. The molecule has 1 atom stereocenters. The first kappa shape index (κ1) is 16.9. The minimum Gasteiger partial charge on any atom is -0.385 e. The van der Waals surface area contributed by atoms with E-state index < -0.39 is 10.0 Å². The van der Waals surface area contributed by atoms with E-state index in [1.54, 1.807) is 14.0 Å². The highest BCUT2D eigenvalue weighted by Crippen LogP contribution is 2.24. The Morgan fingerprint density at radius 2 is 1.80 bits per heavy atom. The van der Waals surface area contributed by atoms with Crippen molar-refractivity contribution in [3.05, 3.63) is 23.3 Å². The average molecular weight is 300 g/mol. The maximum atomic E-state index is 12.4. The SMILES string of the molecule is CCNc1cc(C)c(S(=O)(=O)NC(C)COC)c(C)c1. The van der Waals surface area contributed by atoms with E-state index in [9.17, 15) is 8.42 Å². The molecular formula is C14H24N2O3S. The van der Waals surface area contributed by atoms with Gasteiger partial charge in [-0.15, -0.1) is 0 Å². The lowest BCUT2D eigenvalue weighted by Crippen LogP contribution is -2.36. The molecule has 2 N–H and O–H groups in total. The van der Waals surface area contributed by atoms with E-state index in [4.69, 9.17) is 4.74 Å². The van der Waals surface area contributed by atoms with E-state index in [-0.39, 0.29) is 6.04 Å². The summed E-state index contributed by atoms with van der Waals surface area (Å²) in [7, 11) is -1.98. The minimum atomic E-state index is -3.53. The first-order valence-corrected chi connectivity index (χ1v) is 8.16. The Hall–Kier alpha value is -1.11. The molecule has 0 saturated carbocycles. The Balaban J connectivity index is 3.12. The molecule has 1 aromatic rings. The zero-order chi connectivity index (χ0) is 15.3. The van der Waals surface area contributed by atoms with Crippen LogP contribution in [-0.2, 0) is 14.8 Å². The summed E-state index contributed by atoms with van der Waals surface area (Å²) < 4.78 is 32.5. The van der Waals surface area contributed by atoms with Gasteiger partial charge in [0.25, 0.3) is 0 Å². The predicted molar refractivity (Wildman–Crippen MR) is 81.7 cm³/mol. The molecule has 0 aliphatic rings. The normalized spacial score (nSPS) is 13.2. The third-order valence-corrected chi connectivity index (χ3v) is 4.78. The highest BCUT2D eigenvalue weighted by atomic mass is 32.2. The van der Waals surface area contributed by atoms with Gasteiger partial charge in [0, 0.05) is 25.4 Å². The van der Waals surface area contributed by atoms with E-state index in [1.807, 2.05) is 32.9 Å². The quantitative estimate of drug-likeness (QED) is 0.809. The molecule has 0 heterocycles. The van der Waals surface area contributed by atoms with Crippen molar-refractivity contribution in [3.8, 4) is 0 Å². The van der Waals surface area contributed by atoms with Gasteiger partial charge in [0.05, 0.1) is 11.5 Å². The molecule has 0 saturated heterocycles. The molecule has 0 bridgehead atoms. The van der Waals surface area contributed by atoms with Gasteiger partial charge >= 0.3 is 0 Å². The zero-order valence-electron chi connectivity index (χ0n) is 12.8. The van der Waals surface area contributed by atoms with Gasteiger partial charge in [-0.05, 0) is 51.0 Å². The van der Waals surface area contributed by atoms with Crippen molar-refractivity contribution in [1.29, 1.82) is 0 Å². The molecular weight excluding hydrogens is 276 g/mol. The van der Waals surface area contributed by atoms with Crippen LogP contribution in [0.25, 0.3) is 0 Å². The molecule has 0 spiro atoms. The first-order chi connectivity index (χ1) is 9.31. The molecule has 0 aliphatic carbocycles. The van der Waals surface area contributed by atoms with Crippen LogP contribution in [0.2, 0.25) is 0 Å². The summed E-state index contributed by atoms with van der Waals surface area (Å²) in [5, 5.41) is 3.19. The van der Waals surface area contributed by atoms with Crippen molar-refractivity contribution in [3.63, 3.8) is 0 Å². The molecule has 1 aromatic carbocycles. The maximum absolute atomic E-state index is 12.4. The van der Waals surface area contributed by atoms with Crippen molar-refractivity contribution < 1.29 is 13.2 Å². The maximum Gasteiger partial charge on any atom is 0.241 e. The fourth-order valence-electron chi connectivity index (χ4n) is 2.29. The Labute approximate surface area is 121 Å². The lowest BCUT2D eigenvalue weighted by Gasteiger charge is -2.17. The number of sulfonamides is 1. The highest BCUT2D eigenvalue weighted by molar-refractivity contribution is 7.89. The van der Waals surface area contributed by atoms with Gasteiger partial charge in [0.1, 0.15) is 0 Å². The second-order valence-corrected chi connectivity index (χ2v) is 6.60. The third kappa shape index (κ3) is 4.19. The number of anilines is 1. The summed E-state index contributed by atoms with van der Waals surface area (Å²) in [5.41, 5.74) is 2.41. The number of hydrogen-bond donors (Lipinski definition) is 2. The molecule has 0 fully saturated rings. The van der Waals surface area contributed by atoms with Gasteiger partial charge in [-0.2, -0.15) is 0 Å². The summed E-state index contributed by atoms with van der Waals surface area (Å²) in [6.07, 6.45) is 0. The van der Waals surface area contributed by atoms with Crippen LogP contribution in [0.3, 0.4) is 0 Å².